The van der Waals surface area contributed by atoms with E-state index >= 15 is 0 Å². The van der Waals surface area contributed by atoms with Crippen molar-refractivity contribution < 1.29 is 0 Å². The summed E-state index contributed by atoms with van der Waals surface area (Å²) in [4.78, 5) is 0. The molecule has 22 valence electrons. The first-order valence-corrected chi connectivity index (χ1v) is 3.79. The number of hydrogen-bond donors (Lipinski definition) is 1. The third-order valence-electron chi connectivity index (χ3n) is 0.204. The van der Waals surface area contributed by atoms with Crippen LogP contribution in [0.5, 0.6) is 0 Å². The molecular weight excluding hydrogens is 81.0 g/mol. The molecule has 0 bridgehead atoms. The SMILES string of the molecule is [B][SiH2]N[SiH3]. The highest BCUT2D eigenvalue weighted by atomic mass is 28.3. The van der Waals surface area contributed by atoms with Gasteiger partial charge in [0.05, 0.1) is 17.8 Å². The number of hydrogen-bond acceptors (Lipinski definition) is 1. The van der Waals surface area contributed by atoms with Crippen molar-refractivity contribution in [3.8, 4) is 0 Å². The molecule has 0 heterocycles. The van der Waals surface area contributed by atoms with Crippen molar-refractivity contribution in [2.24, 2.45) is 0 Å². The number of nitrogens with one attached hydrogen (secondary N) is 1. The van der Waals surface area contributed by atoms with Gasteiger partial charge in [-0.25, -0.2) is 0 Å². The lowest BCUT2D eigenvalue weighted by Crippen LogP contribution is -2.13. The van der Waals surface area contributed by atoms with Gasteiger partial charge in [0.1, 0.15) is 0 Å². The lowest BCUT2D eigenvalue weighted by Gasteiger charge is -1.74. The second-order valence-electron chi connectivity index (χ2n) is 0.558. The Hall–Kier alpha value is 0.459. The Balaban J connectivity index is 1.97. The molecular formula is H6BNSi2. The molecule has 0 aromatic carbocycles. The number of rotatable bonds is 1. The second kappa shape index (κ2) is 3.46. The van der Waals surface area contributed by atoms with Crippen LogP contribution in [-0.4, -0.2) is 27.4 Å². The molecule has 0 unspecified atom stereocenters. The Morgan fingerprint density at radius 2 is 2.25 bits per heavy atom. The Kier molecular flexibility index (Phi) is 3.86. The van der Waals surface area contributed by atoms with E-state index in [4.69, 9.17) is 7.44 Å². The van der Waals surface area contributed by atoms with Gasteiger partial charge in [0, 0.05) is 9.55 Å². The Morgan fingerprint density at radius 1 is 2.00 bits per heavy atom. The minimum Gasteiger partial charge on any atom is -0.378 e. The topological polar surface area (TPSA) is 12.0 Å². The van der Waals surface area contributed by atoms with Crippen LogP contribution in [-0.2, 0) is 0 Å². The van der Waals surface area contributed by atoms with Crippen LogP contribution in [0, 0.1) is 0 Å². The summed E-state index contributed by atoms with van der Waals surface area (Å²) < 4.78 is 2.99. The zero-order valence-electron chi connectivity index (χ0n) is 2.78. The molecule has 0 rings (SSSR count). The largest absolute Gasteiger partial charge is 0.378 e. The highest BCUT2D eigenvalue weighted by Gasteiger charge is 1.53. The molecule has 4 heavy (non-hydrogen) atoms. The molecule has 0 atom stereocenters. The Labute approximate surface area is 32.9 Å². The van der Waals surface area contributed by atoms with E-state index in [1.54, 1.807) is 0 Å². The summed E-state index contributed by atoms with van der Waals surface area (Å²) in [6, 6.07) is 0. The lowest BCUT2D eigenvalue weighted by molar-refractivity contribution is 1.67. The van der Waals surface area contributed by atoms with E-state index in [9.17, 15) is 0 Å². The van der Waals surface area contributed by atoms with Crippen molar-refractivity contribution in [1.82, 2.24) is 4.65 Å². The first-order valence-electron chi connectivity index (χ1n) is 1.26. The van der Waals surface area contributed by atoms with E-state index in [1.165, 1.54) is 0 Å². The molecule has 4 heteroatoms. The van der Waals surface area contributed by atoms with Crippen LogP contribution in [0.15, 0.2) is 0 Å². The van der Waals surface area contributed by atoms with Crippen molar-refractivity contribution in [3.05, 3.63) is 0 Å². The fraction of sp³-hybridized carbons (Fsp3) is 0. The van der Waals surface area contributed by atoms with Gasteiger partial charge in [0.15, 0.2) is 0 Å². The van der Waals surface area contributed by atoms with E-state index in [0.717, 1.165) is 10.4 Å². The molecule has 0 aromatic heterocycles. The fourth-order valence-electron chi connectivity index (χ4n) is 0. The first kappa shape index (κ1) is 4.46. The third-order valence-corrected chi connectivity index (χ3v) is 1.84. The average Bonchev–Trinajstić information content (AvgIpc) is 1.37. The molecule has 0 amide bonds. The molecule has 2 radical (unpaired) electrons. The zero-order valence-corrected chi connectivity index (χ0v) is 6.20. The average molecular weight is 87.0 g/mol. The van der Waals surface area contributed by atoms with Crippen LogP contribution >= 0.6 is 0 Å². The summed E-state index contributed by atoms with van der Waals surface area (Å²) in [7, 11) is 5.90. The van der Waals surface area contributed by atoms with Crippen molar-refractivity contribution >= 4 is 27.4 Å². The first-order chi connectivity index (χ1) is 1.91. The molecule has 0 aromatic rings. The van der Waals surface area contributed by atoms with Crippen LogP contribution in [0.25, 0.3) is 0 Å². The smallest absolute Gasteiger partial charge is 0.0680 e. The lowest BCUT2D eigenvalue weighted by atomic mass is 10.8. The summed E-state index contributed by atoms with van der Waals surface area (Å²) in [5, 5.41) is 0. The zero-order chi connectivity index (χ0) is 3.41. The minimum absolute atomic E-state index is 0.264. The molecule has 1 nitrogen and oxygen atoms in total. The summed E-state index contributed by atoms with van der Waals surface area (Å²) in [5.41, 5.74) is 0. The van der Waals surface area contributed by atoms with E-state index in [-0.39, 0.29) is 9.55 Å². The minimum atomic E-state index is -0.264. The van der Waals surface area contributed by atoms with Gasteiger partial charge < -0.3 is 4.65 Å². The quantitative estimate of drug-likeness (QED) is 0.337. The highest BCUT2D eigenvalue weighted by molar-refractivity contribution is 6.89. The summed E-state index contributed by atoms with van der Waals surface area (Å²) in [6.07, 6.45) is 0. The predicted octanol–water partition coefficient (Wildman–Crippen LogP) is -2.98. The van der Waals surface area contributed by atoms with Crippen molar-refractivity contribution in [1.29, 1.82) is 0 Å². The van der Waals surface area contributed by atoms with Crippen LogP contribution in [0.1, 0.15) is 0 Å². The van der Waals surface area contributed by atoms with Gasteiger partial charge in [0.25, 0.3) is 0 Å². The van der Waals surface area contributed by atoms with E-state index in [1.807, 2.05) is 0 Å². The molecule has 0 fully saturated rings. The molecule has 0 saturated carbocycles. The van der Waals surface area contributed by atoms with Gasteiger partial charge in [-0.3, -0.25) is 0 Å². The van der Waals surface area contributed by atoms with Crippen LogP contribution in [0.3, 0.4) is 0 Å². The molecule has 0 spiro atoms. The van der Waals surface area contributed by atoms with E-state index in [2.05, 4.69) is 4.65 Å². The van der Waals surface area contributed by atoms with Gasteiger partial charge >= 0.3 is 0 Å². The maximum atomic E-state index is 5.09. The van der Waals surface area contributed by atoms with Gasteiger partial charge in [-0.05, 0) is 0 Å². The third kappa shape index (κ3) is 2.46. The van der Waals surface area contributed by atoms with Crippen LogP contribution in [0.4, 0.5) is 0 Å². The summed E-state index contributed by atoms with van der Waals surface area (Å²) in [6.45, 7) is 0. The van der Waals surface area contributed by atoms with Gasteiger partial charge in [-0.2, -0.15) is 0 Å². The fourth-order valence-corrected chi connectivity index (χ4v) is 0. The standard InChI is InChI=1S/BH6NSi2/c1-4-2-3/h2H,4H2,3H3. The molecule has 0 aliphatic heterocycles. The highest BCUT2D eigenvalue weighted by Crippen LogP contribution is 1.13. The molecule has 0 aliphatic carbocycles. The Morgan fingerprint density at radius 3 is 2.25 bits per heavy atom. The normalized spacial score (nSPS) is 11.0. The van der Waals surface area contributed by atoms with E-state index in [0.29, 0.717) is 0 Å². The summed E-state index contributed by atoms with van der Waals surface area (Å²) in [5.74, 6) is 0. The maximum absolute atomic E-state index is 5.09. The predicted molar refractivity (Wildman–Crippen MR) is 27.4 cm³/mol. The van der Waals surface area contributed by atoms with Crippen molar-refractivity contribution in [2.45, 2.75) is 0 Å². The summed E-state index contributed by atoms with van der Waals surface area (Å²) >= 11 is 0. The van der Waals surface area contributed by atoms with Gasteiger partial charge in [0.2, 0.25) is 0 Å². The van der Waals surface area contributed by atoms with Crippen LogP contribution in [0.2, 0.25) is 0 Å². The van der Waals surface area contributed by atoms with Gasteiger partial charge in [-0.1, -0.05) is 0 Å². The molecule has 0 aliphatic rings. The molecule has 1 N–H and O–H groups in total. The van der Waals surface area contributed by atoms with Crippen molar-refractivity contribution in [2.75, 3.05) is 0 Å². The molecule has 0 saturated heterocycles. The van der Waals surface area contributed by atoms with Crippen LogP contribution < -0.4 is 4.65 Å². The van der Waals surface area contributed by atoms with Gasteiger partial charge in [-0.15, -0.1) is 0 Å². The second-order valence-corrected chi connectivity index (χ2v) is 3.79. The maximum Gasteiger partial charge on any atom is 0.0680 e. The van der Waals surface area contributed by atoms with E-state index < -0.39 is 0 Å². The van der Waals surface area contributed by atoms with Crippen molar-refractivity contribution in [3.63, 3.8) is 0 Å². The Bertz CT molecular complexity index is 8.00. The monoisotopic (exact) mass is 87.0 g/mol.